The van der Waals surface area contributed by atoms with Gasteiger partial charge in [0.1, 0.15) is 5.82 Å². The van der Waals surface area contributed by atoms with Gasteiger partial charge in [0.05, 0.1) is 18.8 Å². The Morgan fingerprint density at radius 2 is 2.22 bits per heavy atom. The lowest BCUT2D eigenvalue weighted by Crippen LogP contribution is -2.60. The summed E-state index contributed by atoms with van der Waals surface area (Å²) in [5.41, 5.74) is 0.392. The van der Waals surface area contributed by atoms with Crippen molar-refractivity contribution in [1.82, 2.24) is 5.32 Å². The number of methoxy groups -OCH3 is 1. The fourth-order valence-corrected chi connectivity index (χ4v) is 4.96. The summed E-state index contributed by atoms with van der Waals surface area (Å²) in [4.78, 5) is 12.5. The average molecular weight is 398 g/mol. The van der Waals surface area contributed by atoms with Crippen LogP contribution in [0.4, 0.5) is 4.39 Å². The van der Waals surface area contributed by atoms with Crippen molar-refractivity contribution in [3.8, 4) is 0 Å². The molecular formula is C21H29ClFNO3. The van der Waals surface area contributed by atoms with Crippen molar-refractivity contribution in [2.45, 2.75) is 63.7 Å². The number of carbonyl (C=O) groups is 1. The van der Waals surface area contributed by atoms with Crippen LogP contribution in [0.1, 0.15) is 57.6 Å². The van der Waals surface area contributed by atoms with E-state index in [4.69, 9.17) is 21.1 Å². The number of fused-ring (bicyclic) bond motifs is 1. The minimum Gasteiger partial charge on any atom is -0.384 e. The van der Waals surface area contributed by atoms with Crippen molar-refractivity contribution in [3.05, 3.63) is 34.6 Å². The Labute approximate surface area is 165 Å². The molecule has 1 aromatic carbocycles. The molecule has 1 aromatic rings. The summed E-state index contributed by atoms with van der Waals surface area (Å²) in [5.74, 6) is 0.472. The molecule has 27 heavy (non-hydrogen) atoms. The Bertz CT molecular complexity index is 685. The van der Waals surface area contributed by atoms with E-state index < -0.39 is 5.54 Å². The quantitative estimate of drug-likeness (QED) is 0.786. The van der Waals surface area contributed by atoms with Gasteiger partial charge in [0.2, 0.25) is 5.91 Å². The Kier molecular flexibility index (Phi) is 6.44. The van der Waals surface area contributed by atoms with Crippen LogP contribution in [0.15, 0.2) is 18.2 Å². The summed E-state index contributed by atoms with van der Waals surface area (Å²) in [6, 6.07) is 4.43. The maximum absolute atomic E-state index is 13.5. The largest absolute Gasteiger partial charge is 0.384 e. The van der Waals surface area contributed by atoms with Gasteiger partial charge in [0, 0.05) is 36.4 Å². The number of benzene rings is 1. The molecular weight excluding hydrogens is 369 g/mol. The van der Waals surface area contributed by atoms with Crippen LogP contribution in [-0.4, -0.2) is 31.3 Å². The van der Waals surface area contributed by atoms with E-state index in [1.807, 2.05) is 0 Å². The Balaban J connectivity index is 1.86. The fourth-order valence-electron chi connectivity index (χ4n) is 4.67. The zero-order valence-electron chi connectivity index (χ0n) is 16.3. The molecule has 1 aliphatic heterocycles. The summed E-state index contributed by atoms with van der Waals surface area (Å²) in [6.07, 6.45) is 3.87. The zero-order chi connectivity index (χ0) is 19.6. The number of carbonyl (C=O) groups excluding carboxylic acids is 1. The first kappa shape index (κ1) is 20.6. The molecule has 1 aliphatic carbocycles. The molecule has 0 spiro atoms. The van der Waals surface area contributed by atoms with Crippen LogP contribution in [0, 0.1) is 17.7 Å². The van der Waals surface area contributed by atoms with Gasteiger partial charge in [-0.15, -0.1) is 0 Å². The number of halogens is 2. The molecule has 4 nitrogen and oxygen atoms in total. The molecule has 6 heteroatoms. The second-order valence-electron chi connectivity index (χ2n) is 8.27. The summed E-state index contributed by atoms with van der Waals surface area (Å²) in [7, 11) is 1.59. The molecule has 1 amide bonds. The third-order valence-electron chi connectivity index (χ3n) is 6.09. The lowest BCUT2D eigenvalue weighted by Gasteiger charge is -2.52. The predicted molar refractivity (Wildman–Crippen MR) is 103 cm³/mol. The van der Waals surface area contributed by atoms with Crippen LogP contribution in [0.5, 0.6) is 0 Å². The molecule has 5 atom stereocenters. The standard InChI is InChI=1S/C21H29ClFNO3/c1-13-4-7-16-18(10-13)27-19(15-6-5-14(23)11-17(15)22)12-21(16,2)24-20(25)8-9-26-3/h5-6,11,13,16,18-19H,4,7-10,12H2,1-3H3,(H,24,25)/t13-,16-,18-,19-,21-/m1/s1. The highest BCUT2D eigenvalue weighted by atomic mass is 35.5. The number of amides is 1. The van der Waals surface area contributed by atoms with Crippen LogP contribution >= 0.6 is 11.6 Å². The van der Waals surface area contributed by atoms with Gasteiger partial charge >= 0.3 is 0 Å². The van der Waals surface area contributed by atoms with E-state index in [9.17, 15) is 9.18 Å². The number of ether oxygens (including phenoxy) is 2. The molecule has 3 rings (SSSR count). The summed E-state index contributed by atoms with van der Waals surface area (Å²) in [6.45, 7) is 4.75. The van der Waals surface area contributed by atoms with E-state index in [1.165, 1.54) is 12.1 Å². The normalized spacial score (nSPS) is 33.4. The van der Waals surface area contributed by atoms with Crippen LogP contribution in [0.3, 0.4) is 0 Å². The average Bonchev–Trinajstić information content (AvgIpc) is 2.59. The van der Waals surface area contributed by atoms with E-state index in [2.05, 4.69) is 19.2 Å². The maximum atomic E-state index is 13.5. The summed E-state index contributed by atoms with van der Waals surface area (Å²) in [5, 5.41) is 3.63. The maximum Gasteiger partial charge on any atom is 0.222 e. The molecule has 1 saturated carbocycles. The minimum atomic E-state index is -0.393. The van der Waals surface area contributed by atoms with Crippen molar-refractivity contribution in [3.63, 3.8) is 0 Å². The van der Waals surface area contributed by atoms with Crippen LogP contribution in [-0.2, 0) is 14.3 Å². The minimum absolute atomic E-state index is 0.0115. The van der Waals surface area contributed by atoms with Crippen LogP contribution in [0.2, 0.25) is 5.02 Å². The Morgan fingerprint density at radius 3 is 2.93 bits per heavy atom. The number of hydrogen-bond donors (Lipinski definition) is 1. The molecule has 0 aromatic heterocycles. The highest BCUT2D eigenvalue weighted by molar-refractivity contribution is 6.31. The summed E-state index contributed by atoms with van der Waals surface area (Å²) >= 11 is 6.31. The van der Waals surface area contributed by atoms with Crippen molar-refractivity contribution >= 4 is 17.5 Å². The third kappa shape index (κ3) is 4.64. The van der Waals surface area contributed by atoms with E-state index in [1.54, 1.807) is 13.2 Å². The number of rotatable bonds is 5. The molecule has 0 radical (unpaired) electrons. The van der Waals surface area contributed by atoms with Gasteiger partial charge in [-0.05, 0) is 43.4 Å². The number of hydrogen-bond acceptors (Lipinski definition) is 3. The van der Waals surface area contributed by atoms with Gasteiger partial charge in [0.15, 0.2) is 0 Å². The molecule has 1 heterocycles. The number of nitrogens with one attached hydrogen (secondary N) is 1. The third-order valence-corrected chi connectivity index (χ3v) is 6.42. The molecule has 2 fully saturated rings. The highest BCUT2D eigenvalue weighted by Gasteiger charge is 2.49. The smallest absolute Gasteiger partial charge is 0.222 e. The lowest BCUT2D eigenvalue weighted by atomic mass is 9.66. The predicted octanol–water partition coefficient (Wildman–Crippen LogP) is 4.66. The van der Waals surface area contributed by atoms with Crippen molar-refractivity contribution < 1.29 is 18.7 Å². The first-order valence-corrected chi connectivity index (χ1v) is 10.1. The second kappa shape index (κ2) is 8.46. The molecule has 0 bridgehead atoms. The SMILES string of the molecule is COCCC(=O)N[C@]1(C)C[C@H](c2ccc(F)cc2Cl)O[C@@H]2C[C@H](C)CC[C@H]21. The van der Waals surface area contributed by atoms with Gasteiger partial charge in [-0.25, -0.2) is 4.39 Å². The van der Waals surface area contributed by atoms with Gasteiger partial charge < -0.3 is 14.8 Å². The van der Waals surface area contributed by atoms with Crippen molar-refractivity contribution in [1.29, 1.82) is 0 Å². The molecule has 2 aliphatic rings. The van der Waals surface area contributed by atoms with Crippen molar-refractivity contribution in [2.24, 2.45) is 11.8 Å². The van der Waals surface area contributed by atoms with Gasteiger partial charge in [-0.3, -0.25) is 4.79 Å². The topological polar surface area (TPSA) is 47.6 Å². The Hall–Kier alpha value is -1.17. The first-order chi connectivity index (χ1) is 12.8. The second-order valence-corrected chi connectivity index (χ2v) is 8.67. The molecule has 150 valence electrons. The van der Waals surface area contributed by atoms with E-state index in [0.29, 0.717) is 30.4 Å². The van der Waals surface area contributed by atoms with Crippen LogP contribution < -0.4 is 5.32 Å². The fraction of sp³-hybridized carbons (Fsp3) is 0.667. The van der Waals surface area contributed by atoms with Gasteiger partial charge in [-0.1, -0.05) is 31.0 Å². The Morgan fingerprint density at radius 1 is 1.44 bits per heavy atom. The monoisotopic (exact) mass is 397 g/mol. The first-order valence-electron chi connectivity index (χ1n) is 9.72. The van der Waals surface area contributed by atoms with E-state index >= 15 is 0 Å². The van der Waals surface area contributed by atoms with Crippen molar-refractivity contribution in [2.75, 3.05) is 13.7 Å². The molecule has 1 saturated heterocycles. The van der Waals surface area contributed by atoms with Crippen LogP contribution in [0.25, 0.3) is 0 Å². The highest BCUT2D eigenvalue weighted by Crippen LogP contribution is 2.48. The molecule has 0 unspecified atom stereocenters. The van der Waals surface area contributed by atoms with E-state index in [0.717, 1.165) is 24.8 Å². The summed E-state index contributed by atoms with van der Waals surface area (Å²) < 4.78 is 25.0. The zero-order valence-corrected chi connectivity index (χ0v) is 17.0. The lowest BCUT2D eigenvalue weighted by molar-refractivity contribution is -0.154. The van der Waals surface area contributed by atoms with Gasteiger partial charge in [0.25, 0.3) is 0 Å². The van der Waals surface area contributed by atoms with E-state index in [-0.39, 0.29) is 29.9 Å². The van der Waals surface area contributed by atoms with Gasteiger partial charge in [-0.2, -0.15) is 0 Å². The molecule has 1 N–H and O–H groups in total.